The number of nitrogens with two attached hydrogens (primary N) is 1. The van der Waals surface area contributed by atoms with E-state index in [4.69, 9.17) is 10.8 Å². The normalized spacial score (nSPS) is 13.7. The van der Waals surface area contributed by atoms with E-state index in [0.29, 0.717) is 5.69 Å². The predicted octanol–water partition coefficient (Wildman–Crippen LogP) is -1.35. The first-order valence-corrected chi connectivity index (χ1v) is 5.89. The summed E-state index contributed by atoms with van der Waals surface area (Å²) in [5.74, 6) is -1.15. The average molecular weight is 233 g/mol. The SMILES string of the molecule is CS(=O)(=O)n1ccc(C[C@H](N)C(=O)O)n1. The lowest BCUT2D eigenvalue weighted by Crippen LogP contribution is -2.32. The van der Waals surface area contributed by atoms with Gasteiger partial charge in [0.25, 0.3) is 10.0 Å². The van der Waals surface area contributed by atoms with Crippen LogP contribution in [0.2, 0.25) is 0 Å². The van der Waals surface area contributed by atoms with Crippen molar-refractivity contribution in [1.82, 2.24) is 9.19 Å². The van der Waals surface area contributed by atoms with E-state index in [9.17, 15) is 13.2 Å². The van der Waals surface area contributed by atoms with Gasteiger partial charge < -0.3 is 10.8 Å². The van der Waals surface area contributed by atoms with Crippen molar-refractivity contribution in [3.8, 4) is 0 Å². The number of rotatable bonds is 4. The minimum atomic E-state index is -3.42. The van der Waals surface area contributed by atoms with Crippen LogP contribution in [0.3, 0.4) is 0 Å². The Bertz CT molecular complexity index is 464. The quantitative estimate of drug-likeness (QED) is 0.664. The number of carboxylic acids is 1. The van der Waals surface area contributed by atoms with Gasteiger partial charge in [0.05, 0.1) is 11.9 Å². The van der Waals surface area contributed by atoms with Crippen molar-refractivity contribution in [2.75, 3.05) is 6.26 Å². The third kappa shape index (κ3) is 3.03. The molecule has 1 heterocycles. The van der Waals surface area contributed by atoms with Crippen LogP contribution >= 0.6 is 0 Å². The molecule has 0 amide bonds. The van der Waals surface area contributed by atoms with E-state index in [1.54, 1.807) is 0 Å². The van der Waals surface area contributed by atoms with E-state index < -0.39 is 22.0 Å². The Labute approximate surface area is 86.6 Å². The van der Waals surface area contributed by atoms with Gasteiger partial charge >= 0.3 is 5.97 Å². The van der Waals surface area contributed by atoms with Gasteiger partial charge in [0.2, 0.25) is 0 Å². The second-order valence-corrected chi connectivity index (χ2v) is 4.93. The highest BCUT2D eigenvalue weighted by atomic mass is 32.2. The van der Waals surface area contributed by atoms with Gasteiger partial charge in [-0.3, -0.25) is 4.79 Å². The van der Waals surface area contributed by atoms with Crippen LogP contribution in [0.15, 0.2) is 12.3 Å². The maximum absolute atomic E-state index is 11.0. The molecule has 0 unspecified atom stereocenters. The van der Waals surface area contributed by atoms with Crippen LogP contribution in [-0.2, 0) is 21.2 Å². The van der Waals surface area contributed by atoms with E-state index >= 15 is 0 Å². The summed E-state index contributed by atoms with van der Waals surface area (Å²) in [6.45, 7) is 0. The number of hydrogen-bond acceptors (Lipinski definition) is 5. The summed E-state index contributed by atoms with van der Waals surface area (Å²) in [4.78, 5) is 10.4. The molecule has 0 bridgehead atoms. The minimum absolute atomic E-state index is 0.00213. The Kier molecular flexibility index (Phi) is 3.10. The van der Waals surface area contributed by atoms with Gasteiger partial charge in [-0.15, -0.1) is 0 Å². The molecule has 0 aromatic carbocycles. The maximum atomic E-state index is 11.0. The smallest absolute Gasteiger partial charge is 0.320 e. The number of carboxylic acid groups (broad SMARTS) is 1. The molecule has 0 aliphatic heterocycles. The van der Waals surface area contributed by atoms with Crippen molar-refractivity contribution in [2.45, 2.75) is 12.5 Å². The van der Waals surface area contributed by atoms with Gasteiger partial charge in [0, 0.05) is 12.6 Å². The Hall–Kier alpha value is -1.41. The fraction of sp³-hybridized carbons (Fsp3) is 0.429. The molecule has 15 heavy (non-hydrogen) atoms. The van der Waals surface area contributed by atoms with Gasteiger partial charge in [-0.1, -0.05) is 0 Å². The molecule has 3 N–H and O–H groups in total. The lowest BCUT2D eigenvalue weighted by molar-refractivity contribution is -0.138. The predicted molar refractivity (Wildman–Crippen MR) is 51.8 cm³/mol. The Morgan fingerprint density at radius 3 is 2.73 bits per heavy atom. The monoisotopic (exact) mass is 233 g/mol. The molecule has 1 aromatic rings. The number of hydrogen-bond donors (Lipinski definition) is 2. The van der Waals surface area contributed by atoms with Crippen LogP contribution < -0.4 is 5.73 Å². The molecular weight excluding hydrogens is 222 g/mol. The van der Waals surface area contributed by atoms with E-state index in [1.165, 1.54) is 12.3 Å². The first kappa shape index (κ1) is 11.7. The summed E-state index contributed by atoms with van der Waals surface area (Å²) in [7, 11) is -3.42. The highest BCUT2D eigenvalue weighted by Crippen LogP contribution is 2.01. The molecule has 7 nitrogen and oxygen atoms in total. The summed E-state index contributed by atoms with van der Waals surface area (Å²) >= 11 is 0. The zero-order valence-corrected chi connectivity index (χ0v) is 8.81. The Morgan fingerprint density at radius 2 is 2.33 bits per heavy atom. The topological polar surface area (TPSA) is 115 Å². The van der Waals surface area contributed by atoms with E-state index in [0.717, 1.165) is 10.3 Å². The first-order valence-electron chi connectivity index (χ1n) is 4.04. The number of nitrogens with zero attached hydrogens (tertiary/aromatic N) is 2. The highest BCUT2D eigenvalue weighted by Gasteiger charge is 2.15. The van der Waals surface area contributed by atoms with Crippen molar-refractivity contribution < 1.29 is 18.3 Å². The van der Waals surface area contributed by atoms with Gasteiger partial charge in [0.1, 0.15) is 6.04 Å². The zero-order valence-electron chi connectivity index (χ0n) is 7.99. The lowest BCUT2D eigenvalue weighted by atomic mass is 10.2. The van der Waals surface area contributed by atoms with E-state index in [-0.39, 0.29) is 6.42 Å². The molecule has 0 radical (unpaired) electrons. The summed E-state index contributed by atoms with van der Waals surface area (Å²) in [5.41, 5.74) is 5.60. The zero-order chi connectivity index (χ0) is 11.6. The largest absolute Gasteiger partial charge is 0.480 e. The van der Waals surface area contributed by atoms with Crippen molar-refractivity contribution in [3.63, 3.8) is 0 Å². The molecule has 0 saturated heterocycles. The van der Waals surface area contributed by atoms with Crippen LogP contribution in [0.25, 0.3) is 0 Å². The van der Waals surface area contributed by atoms with Crippen LogP contribution in [0.4, 0.5) is 0 Å². The molecule has 8 heteroatoms. The first-order chi connectivity index (χ1) is 6.80. The molecule has 0 aliphatic rings. The van der Waals surface area contributed by atoms with Crippen LogP contribution in [0, 0.1) is 0 Å². The van der Waals surface area contributed by atoms with Crippen molar-refractivity contribution in [2.24, 2.45) is 5.73 Å². The van der Waals surface area contributed by atoms with Gasteiger partial charge in [-0.2, -0.15) is 9.19 Å². The van der Waals surface area contributed by atoms with Crippen molar-refractivity contribution in [1.29, 1.82) is 0 Å². The average Bonchev–Trinajstić information content (AvgIpc) is 2.51. The maximum Gasteiger partial charge on any atom is 0.320 e. The van der Waals surface area contributed by atoms with Crippen molar-refractivity contribution in [3.05, 3.63) is 18.0 Å². The molecule has 1 atom stereocenters. The van der Waals surface area contributed by atoms with Gasteiger partial charge in [-0.05, 0) is 6.07 Å². The summed E-state index contributed by atoms with van der Waals surface area (Å²) in [6.07, 6.45) is 2.25. The Balaban J connectivity index is 2.82. The number of carbonyl (C=O) groups is 1. The highest BCUT2D eigenvalue weighted by molar-refractivity contribution is 7.89. The second kappa shape index (κ2) is 3.99. The molecular formula is C7H11N3O4S. The molecule has 0 aliphatic carbocycles. The lowest BCUT2D eigenvalue weighted by Gasteiger charge is -2.02. The molecule has 0 fully saturated rings. The van der Waals surface area contributed by atoms with Gasteiger partial charge in [0.15, 0.2) is 0 Å². The van der Waals surface area contributed by atoms with E-state index in [2.05, 4.69) is 5.10 Å². The Morgan fingerprint density at radius 1 is 1.73 bits per heavy atom. The van der Waals surface area contributed by atoms with Crippen LogP contribution in [-0.4, -0.2) is 41.0 Å². The molecule has 0 saturated carbocycles. The number of aliphatic carboxylic acids is 1. The fourth-order valence-corrected chi connectivity index (χ4v) is 1.48. The standard InChI is InChI=1S/C7H11N3O4S/c1-15(13,14)10-3-2-5(9-10)4-6(8)7(11)12/h2-3,6H,4,8H2,1H3,(H,11,12)/t6-/m0/s1. The third-order valence-corrected chi connectivity index (χ3v) is 2.59. The summed E-state index contributed by atoms with van der Waals surface area (Å²) < 4.78 is 22.8. The minimum Gasteiger partial charge on any atom is -0.480 e. The van der Waals surface area contributed by atoms with E-state index in [1.807, 2.05) is 0 Å². The van der Waals surface area contributed by atoms with Crippen LogP contribution in [0.5, 0.6) is 0 Å². The summed E-state index contributed by atoms with van der Waals surface area (Å²) in [6, 6.07) is 0.344. The second-order valence-electron chi connectivity index (χ2n) is 3.09. The van der Waals surface area contributed by atoms with Crippen LogP contribution in [0.1, 0.15) is 5.69 Å². The van der Waals surface area contributed by atoms with Gasteiger partial charge in [-0.25, -0.2) is 8.42 Å². The molecule has 1 rings (SSSR count). The molecule has 84 valence electrons. The molecule has 1 aromatic heterocycles. The number of aromatic nitrogens is 2. The van der Waals surface area contributed by atoms with Crippen molar-refractivity contribution >= 4 is 16.0 Å². The third-order valence-electron chi connectivity index (χ3n) is 1.71. The fourth-order valence-electron chi connectivity index (χ4n) is 0.949. The molecule has 0 spiro atoms. The summed E-state index contributed by atoms with van der Waals surface area (Å²) in [5, 5.41) is 12.2.